The Hall–Kier alpha value is -1.32. The summed E-state index contributed by atoms with van der Waals surface area (Å²) in [6.07, 6.45) is 0. The molecule has 2 aromatic rings. The fourth-order valence-electron chi connectivity index (χ4n) is 2.04. The first-order chi connectivity index (χ1) is 9.11. The van der Waals surface area contributed by atoms with Crippen LogP contribution >= 0.6 is 15.9 Å². The number of ether oxygens (including phenoxy) is 1. The Morgan fingerprint density at radius 1 is 1.11 bits per heavy atom. The number of benzene rings is 2. The number of rotatable bonds is 4. The van der Waals surface area contributed by atoms with Crippen molar-refractivity contribution >= 4 is 15.9 Å². The standard InChI is InChI=1S/C16H17BrO2/c1-11-4-3-5-12(2)15(11)10-19-16-7-6-14(17)8-13(16)9-18/h3-8,18H,9-10H2,1-2H3. The molecule has 2 aromatic carbocycles. The highest BCUT2D eigenvalue weighted by Gasteiger charge is 2.07. The van der Waals surface area contributed by atoms with Crippen molar-refractivity contribution < 1.29 is 9.84 Å². The zero-order valence-corrected chi connectivity index (χ0v) is 12.7. The van der Waals surface area contributed by atoms with Gasteiger partial charge in [-0.15, -0.1) is 0 Å². The lowest BCUT2D eigenvalue weighted by molar-refractivity contribution is 0.258. The third-order valence-electron chi connectivity index (χ3n) is 3.21. The Morgan fingerprint density at radius 3 is 2.42 bits per heavy atom. The maximum Gasteiger partial charge on any atom is 0.125 e. The van der Waals surface area contributed by atoms with Gasteiger partial charge in [0.1, 0.15) is 12.4 Å². The van der Waals surface area contributed by atoms with E-state index in [4.69, 9.17) is 4.74 Å². The van der Waals surface area contributed by atoms with Crippen LogP contribution in [0.5, 0.6) is 5.75 Å². The maximum absolute atomic E-state index is 9.35. The number of aliphatic hydroxyl groups is 1. The molecule has 0 fully saturated rings. The SMILES string of the molecule is Cc1cccc(C)c1COc1ccc(Br)cc1CO. The number of aliphatic hydroxyl groups excluding tert-OH is 1. The molecule has 0 aliphatic heterocycles. The number of hydrogen-bond acceptors (Lipinski definition) is 2. The molecule has 0 heterocycles. The summed E-state index contributed by atoms with van der Waals surface area (Å²) >= 11 is 3.39. The molecule has 0 aliphatic rings. The van der Waals surface area contributed by atoms with Gasteiger partial charge in [0.25, 0.3) is 0 Å². The lowest BCUT2D eigenvalue weighted by Gasteiger charge is -2.13. The van der Waals surface area contributed by atoms with Gasteiger partial charge in [-0.3, -0.25) is 0 Å². The van der Waals surface area contributed by atoms with Crippen LogP contribution in [-0.2, 0) is 13.2 Å². The van der Waals surface area contributed by atoms with E-state index in [0.29, 0.717) is 6.61 Å². The molecule has 0 aliphatic carbocycles. The summed E-state index contributed by atoms with van der Waals surface area (Å²) in [7, 11) is 0. The molecule has 0 unspecified atom stereocenters. The molecule has 19 heavy (non-hydrogen) atoms. The molecule has 0 bridgehead atoms. The average Bonchev–Trinajstić information content (AvgIpc) is 2.39. The third kappa shape index (κ3) is 3.37. The van der Waals surface area contributed by atoms with Crippen LogP contribution in [0.2, 0.25) is 0 Å². The van der Waals surface area contributed by atoms with Gasteiger partial charge < -0.3 is 9.84 Å². The van der Waals surface area contributed by atoms with Crippen molar-refractivity contribution in [1.82, 2.24) is 0 Å². The van der Waals surface area contributed by atoms with Crippen LogP contribution in [-0.4, -0.2) is 5.11 Å². The molecule has 1 N–H and O–H groups in total. The van der Waals surface area contributed by atoms with Crippen LogP contribution in [0, 0.1) is 13.8 Å². The smallest absolute Gasteiger partial charge is 0.125 e. The van der Waals surface area contributed by atoms with E-state index in [0.717, 1.165) is 15.8 Å². The van der Waals surface area contributed by atoms with Gasteiger partial charge in [0, 0.05) is 10.0 Å². The molecule has 0 radical (unpaired) electrons. The molecule has 2 nitrogen and oxygen atoms in total. The molecule has 2 rings (SSSR count). The number of hydrogen-bond donors (Lipinski definition) is 1. The van der Waals surface area contributed by atoms with Crippen LogP contribution in [0.25, 0.3) is 0 Å². The maximum atomic E-state index is 9.35. The lowest BCUT2D eigenvalue weighted by Crippen LogP contribution is -2.02. The van der Waals surface area contributed by atoms with Gasteiger partial charge in [-0.25, -0.2) is 0 Å². The van der Waals surface area contributed by atoms with Crippen molar-refractivity contribution in [1.29, 1.82) is 0 Å². The first-order valence-corrected chi connectivity index (χ1v) is 6.98. The Labute approximate surface area is 122 Å². The predicted molar refractivity (Wildman–Crippen MR) is 80.3 cm³/mol. The highest BCUT2D eigenvalue weighted by atomic mass is 79.9. The van der Waals surface area contributed by atoms with Crippen molar-refractivity contribution in [2.45, 2.75) is 27.1 Å². The van der Waals surface area contributed by atoms with Gasteiger partial charge in [-0.2, -0.15) is 0 Å². The van der Waals surface area contributed by atoms with Crippen LogP contribution in [0.15, 0.2) is 40.9 Å². The van der Waals surface area contributed by atoms with Crippen LogP contribution in [0.1, 0.15) is 22.3 Å². The first kappa shape index (κ1) is 14.1. The van der Waals surface area contributed by atoms with Crippen molar-refractivity contribution in [2.75, 3.05) is 0 Å². The van der Waals surface area contributed by atoms with E-state index in [-0.39, 0.29) is 6.61 Å². The van der Waals surface area contributed by atoms with E-state index in [1.54, 1.807) is 0 Å². The van der Waals surface area contributed by atoms with Crippen molar-refractivity contribution in [2.24, 2.45) is 0 Å². The predicted octanol–water partition coefficient (Wildman–Crippen LogP) is 4.14. The van der Waals surface area contributed by atoms with Gasteiger partial charge >= 0.3 is 0 Å². The zero-order valence-electron chi connectivity index (χ0n) is 11.1. The molecule has 0 saturated carbocycles. The normalized spacial score (nSPS) is 10.5. The third-order valence-corrected chi connectivity index (χ3v) is 3.70. The van der Waals surface area contributed by atoms with Crippen LogP contribution in [0.3, 0.4) is 0 Å². The van der Waals surface area contributed by atoms with Gasteiger partial charge in [-0.05, 0) is 48.7 Å². The summed E-state index contributed by atoms with van der Waals surface area (Å²) in [5.74, 6) is 0.730. The number of aryl methyl sites for hydroxylation is 2. The minimum atomic E-state index is -0.0263. The summed E-state index contributed by atoms with van der Waals surface area (Å²) < 4.78 is 6.79. The summed E-state index contributed by atoms with van der Waals surface area (Å²) in [6.45, 7) is 4.66. The summed E-state index contributed by atoms with van der Waals surface area (Å²) in [5.41, 5.74) is 4.44. The van der Waals surface area contributed by atoms with Crippen LogP contribution in [0.4, 0.5) is 0 Å². The number of halogens is 1. The van der Waals surface area contributed by atoms with E-state index >= 15 is 0 Å². The van der Waals surface area contributed by atoms with E-state index in [9.17, 15) is 5.11 Å². The molecule has 0 saturated heterocycles. The van der Waals surface area contributed by atoms with E-state index in [1.165, 1.54) is 16.7 Å². The van der Waals surface area contributed by atoms with Crippen molar-refractivity contribution in [3.05, 3.63) is 63.1 Å². The second-order valence-electron chi connectivity index (χ2n) is 4.57. The van der Waals surface area contributed by atoms with Gasteiger partial charge in [0.15, 0.2) is 0 Å². The molecule has 0 aromatic heterocycles. The summed E-state index contributed by atoms with van der Waals surface area (Å²) in [6, 6.07) is 11.9. The lowest BCUT2D eigenvalue weighted by atomic mass is 10.0. The molecule has 0 amide bonds. The van der Waals surface area contributed by atoms with Crippen LogP contribution < -0.4 is 4.74 Å². The molecular formula is C16H17BrO2. The second kappa shape index (κ2) is 6.22. The molecule has 0 spiro atoms. The monoisotopic (exact) mass is 320 g/mol. The summed E-state index contributed by atoms with van der Waals surface area (Å²) in [5, 5.41) is 9.35. The summed E-state index contributed by atoms with van der Waals surface area (Å²) in [4.78, 5) is 0. The fraction of sp³-hybridized carbons (Fsp3) is 0.250. The Bertz CT molecular complexity index is 559. The van der Waals surface area contributed by atoms with Gasteiger partial charge in [-0.1, -0.05) is 34.1 Å². The Kier molecular flexibility index (Phi) is 4.61. The highest BCUT2D eigenvalue weighted by molar-refractivity contribution is 9.10. The van der Waals surface area contributed by atoms with Gasteiger partial charge in [0.05, 0.1) is 6.61 Å². The largest absolute Gasteiger partial charge is 0.489 e. The highest BCUT2D eigenvalue weighted by Crippen LogP contribution is 2.25. The fourth-order valence-corrected chi connectivity index (χ4v) is 2.45. The first-order valence-electron chi connectivity index (χ1n) is 6.19. The van der Waals surface area contributed by atoms with Crippen molar-refractivity contribution in [3.8, 4) is 5.75 Å². The Balaban J connectivity index is 2.19. The van der Waals surface area contributed by atoms with E-state index in [2.05, 4.69) is 41.9 Å². The molecular weight excluding hydrogens is 304 g/mol. The second-order valence-corrected chi connectivity index (χ2v) is 5.48. The quantitative estimate of drug-likeness (QED) is 0.917. The average molecular weight is 321 g/mol. The zero-order chi connectivity index (χ0) is 13.8. The van der Waals surface area contributed by atoms with E-state index < -0.39 is 0 Å². The minimum Gasteiger partial charge on any atom is -0.489 e. The minimum absolute atomic E-state index is 0.0263. The van der Waals surface area contributed by atoms with Gasteiger partial charge in [0.2, 0.25) is 0 Å². The molecule has 100 valence electrons. The van der Waals surface area contributed by atoms with Crippen molar-refractivity contribution in [3.63, 3.8) is 0 Å². The molecule has 0 atom stereocenters. The molecule has 3 heteroatoms. The topological polar surface area (TPSA) is 29.5 Å². The van der Waals surface area contributed by atoms with E-state index in [1.807, 2.05) is 24.3 Å². The Morgan fingerprint density at radius 2 is 1.79 bits per heavy atom.